The molecule has 5 heterocycles. The van der Waals surface area contributed by atoms with Gasteiger partial charge in [-0.3, -0.25) is 13.8 Å². The Hall–Kier alpha value is -4.71. The topological polar surface area (TPSA) is 101 Å². The Morgan fingerprint density at radius 2 is 1.80 bits per heavy atom. The van der Waals surface area contributed by atoms with Crippen LogP contribution in [0.1, 0.15) is 68.6 Å². The van der Waals surface area contributed by atoms with Crippen LogP contribution in [0.4, 0.5) is 9.18 Å². The maximum Gasteiger partial charge on any atom is 0.410 e. The lowest BCUT2D eigenvalue weighted by Crippen LogP contribution is -2.42. The highest BCUT2D eigenvalue weighted by atomic mass is 19.1. The standard InChI is InChI=1S/C34H38FN7O4/c1-20-15-26(16-21(2)30(20)35)42-31(29-22(3)38(11-9-27(29)37-42)33(44)46-34(4,5)6)40-13-12-39(32(40)43)24-7-8-28-23(17-24)18-36-41(28)25-10-14-45-19-25/h7-8,12-13,15-18,22,25H,9-11,14,19H2,1-6H3/t22-,25?/m0/s1. The van der Waals surface area contributed by atoms with Gasteiger partial charge in [0.2, 0.25) is 0 Å². The molecular weight excluding hydrogens is 589 g/mol. The van der Waals surface area contributed by atoms with E-state index in [1.54, 1.807) is 57.1 Å². The number of nitrogens with zero attached hydrogens (tertiary/aromatic N) is 7. The minimum atomic E-state index is -0.663. The van der Waals surface area contributed by atoms with Gasteiger partial charge in [0.1, 0.15) is 17.2 Å². The van der Waals surface area contributed by atoms with Crippen LogP contribution >= 0.6 is 0 Å². The third-order valence-corrected chi connectivity index (χ3v) is 8.86. The fourth-order valence-electron chi connectivity index (χ4n) is 6.61. The quantitative estimate of drug-likeness (QED) is 0.252. The highest BCUT2D eigenvalue weighted by Crippen LogP contribution is 2.36. The van der Waals surface area contributed by atoms with Gasteiger partial charge in [-0.05, 0) is 89.4 Å². The van der Waals surface area contributed by atoms with Crippen molar-refractivity contribution in [3.63, 3.8) is 0 Å². The number of fused-ring (bicyclic) bond motifs is 2. The molecule has 1 unspecified atom stereocenters. The van der Waals surface area contributed by atoms with Crippen LogP contribution in [0.15, 0.2) is 53.7 Å². The second-order valence-electron chi connectivity index (χ2n) is 13.3. The highest BCUT2D eigenvalue weighted by Gasteiger charge is 2.37. The van der Waals surface area contributed by atoms with Crippen molar-refractivity contribution in [2.75, 3.05) is 19.8 Å². The first kappa shape index (κ1) is 30.0. The number of carbonyl (C=O) groups excluding carboxylic acids is 1. The van der Waals surface area contributed by atoms with Crippen molar-refractivity contribution in [3.05, 3.63) is 87.6 Å². The fraction of sp³-hybridized carbons (Fsp3) is 0.412. The maximum atomic E-state index is 14.7. The molecule has 1 saturated heterocycles. The zero-order valence-corrected chi connectivity index (χ0v) is 27.0. The average molecular weight is 628 g/mol. The van der Waals surface area contributed by atoms with Gasteiger partial charge in [-0.25, -0.2) is 18.7 Å². The molecule has 2 aliphatic rings. The van der Waals surface area contributed by atoms with Crippen molar-refractivity contribution in [1.29, 1.82) is 0 Å². The van der Waals surface area contributed by atoms with E-state index in [-0.39, 0.29) is 17.5 Å². The third-order valence-electron chi connectivity index (χ3n) is 8.86. The lowest BCUT2D eigenvalue weighted by Gasteiger charge is -2.34. The summed E-state index contributed by atoms with van der Waals surface area (Å²) in [5.41, 5.74) is 3.79. The molecule has 2 aliphatic heterocycles. The molecule has 0 aliphatic carbocycles. The monoisotopic (exact) mass is 627 g/mol. The van der Waals surface area contributed by atoms with E-state index in [9.17, 15) is 14.0 Å². The summed E-state index contributed by atoms with van der Waals surface area (Å²) >= 11 is 0. The Balaban J connectivity index is 1.35. The van der Waals surface area contributed by atoms with E-state index >= 15 is 0 Å². The van der Waals surface area contributed by atoms with Gasteiger partial charge in [-0.2, -0.15) is 10.2 Å². The molecule has 0 spiro atoms. The van der Waals surface area contributed by atoms with Gasteiger partial charge < -0.3 is 14.4 Å². The number of imidazole rings is 1. The number of hydrogen-bond acceptors (Lipinski definition) is 6. The Morgan fingerprint density at radius 1 is 1.07 bits per heavy atom. The van der Waals surface area contributed by atoms with Crippen LogP contribution in [0.3, 0.4) is 0 Å². The van der Waals surface area contributed by atoms with Crippen LogP contribution < -0.4 is 5.69 Å². The zero-order chi connectivity index (χ0) is 32.5. The molecule has 0 radical (unpaired) electrons. The maximum absolute atomic E-state index is 14.7. The Bertz CT molecular complexity index is 2020. The van der Waals surface area contributed by atoms with Gasteiger partial charge >= 0.3 is 11.8 Å². The molecule has 12 heteroatoms. The molecule has 3 aromatic heterocycles. The van der Waals surface area contributed by atoms with E-state index in [2.05, 4.69) is 5.10 Å². The van der Waals surface area contributed by atoms with Gasteiger partial charge in [0, 0.05) is 42.9 Å². The number of halogens is 1. The number of amides is 1. The van der Waals surface area contributed by atoms with Crippen LogP contribution in [0.25, 0.3) is 28.1 Å². The Morgan fingerprint density at radius 3 is 2.50 bits per heavy atom. The summed E-state index contributed by atoms with van der Waals surface area (Å²) in [5, 5.41) is 10.5. The summed E-state index contributed by atoms with van der Waals surface area (Å²) in [7, 11) is 0. The molecule has 2 atom stereocenters. The number of aryl methyl sites for hydroxylation is 2. The molecule has 0 N–H and O–H groups in total. The van der Waals surface area contributed by atoms with E-state index in [1.807, 2.05) is 56.8 Å². The molecule has 46 heavy (non-hydrogen) atoms. The molecule has 0 saturated carbocycles. The van der Waals surface area contributed by atoms with Crippen molar-refractivity contribution in [1.82, 2.24) is 33.6 Å². The van der Waals surface area contributed by atoms with E-state index in [0.717, 1.165) is 35.2 Å². The van der Waals surface area contributed by atoms with Gasteiger partial charge in [0.05, 0.1) is 47.5 Å². The van der Waals surface area contributed by atoms with E-state index in [0.29, 0.717) is 47.9 Å². The van der Waals surface area contributed by atoms with Crippen LogP contribution in [-0.2, 0) is 15.9 Å². The average Bonchev–Trinajstić information content (AvgIpc) is 3.80. The fourth-order valence-corrected chi connectivity index (χ4v) is 6.61. The largest absolute Gasteiger partial charge is 0.444 e. The number of ether oxygens (including phenoxy) is 2. The van der Waals surface area contributed by atoms with Crippen molar-refractivity contribution in [2.45, 2.75) is 72.1 Å². The molecule has 1 fully saturated rings. The van der Waals surface area contributed by atoms with Gasteiger partial charge in [0.15, 0.2) is 0 Å². The second kappa shape index (κ2) is 11.0. The molecule has 240 valence electrons. The molecule has 0 bridgehead atoms. The molecule has 7 rings (SSSR count). The number of hydrogen-bond donors (Lipinski definition) is 0. The van der Waals surface area contributed by atoms with Gasteiger partial charge in [0.25, 0.3) is 0 Å². The predicted molar refractivity (Wildman–Crippen MR) is 171 cm³/mol. The normalized spacial score (nSPS) is 18.4. The third kappa shape index (κ3) is 5.00. The summed E-state index contributed by atoms with van der Waals surface area (Å²) < 4.78 is 32.8. The Kier molecular flexibility index (Phi) is 7.15. The van der Waals surface area contributed by atoms with Crippen molar-refractivity contribution >= 4 is 17.0 Å². The number of carbonyl (C=O) groups is 1. The van der Waals surface area contributed by atoms with Crippen molar-refractivity contribution in [2.24, 2.45) is 0 Å². The van der Waals surface area contributed by atoms with Crippen molar-refractivity contribution < 1.29 is 18.7 Å². The zero-order valence-electron chi connectivity index (χ0n) is 27.0. The van der Waals surface area contributed by atoms with E-state index in [4.69, 9.17) is 14.6 Å². The summed E-state index contributed by atoms with van der Waals surface area (Å²) in [6, 6.07) is 9.05. The minimum Gasteiger partial charge on any atom is -0.444 e. The van der Waals surface area contributed by atoms with Crippen LogP contribution in [0.5, 0.6) is 0 Å². The lowest BCUT2D eigenvalue weighted by atomic mass is 10.00. The van der Waals surface area contributed by atoms with Crippen LogP contribution in [0.2, 0.25) is 0 Å². The summed E-state index contributed by atoms with van der Waals surface area (Å²) in [6.45, 7) is 12.6. The van der Waals surface area contributed by atoms with Crippen LogP contribution in [-0.4, -0.2) is 65.0 Å². The smallest absolute Gasteiger partial charge is 0.410 e. The summed E-state index contributed by atoms with van der Waals surface area (Å²) in [6.07, 6.45) is 6.21. The minimum absolute atomic E-state index is 0.194. The van der Waals surface area contributed by atoms with Crippen molar-refractivity contribution in [3.8, 4) is 17.2 Å². The number of rotatable bonds is 4. The summed E-state index contributed by atoms with van der Waals surface area (Å²) in [4.78, 5) is 29.2. The predicted octanol–water partition coefficient (Wildman–Crippen LogP) is 5.74. The van der Waals surface area contributed by atoms with Crippen LogP contribution in [0, 0.1) is 19.7 Å². The molecule has 1 amide bonds. The van der Waals surface area contributed by atoms with E-state index < -0.39 is 17.7 Å². The highest BCUT2D eigenvalue weighted by molar-refractivity contribution is 5.81. The first-order valence-corrected chi connectivity index (χ1v) is 15.7. The molecule has 2 aromatic carbocycles. The van der Waals surface area contributed by atoms with Gasteiger partial charge in [-0.1, -0.05) is 0 Å². The number of benzene rings is 2. The first-order valence-electron chi connectivity index (χ1n) is 15.7. The summed E-state index contributed by atoms with van der Waals surface area (Å²) in [5.74, 6) is 0.217. The number of aromatic nitrogens is 6. The lowest BCUT2D eigenvalue weighted by molar-refractivity contribution is 0.0159. The van der Waals surface area contributed by atoms with Gasteiger partial charge in [-0.15, -0.1) is 0 Å². The second-order valence-corrected chi connectivity index (χ2v) is 13.3. The Labute approximate surface area is 265 Å². The first-order chi connectivity index (χ1) is 21.9. The molecule has 5 aromatic rings. The molecular formula is C34H38FN7O4. The van der Waals surface area contributed by atoms with E-state index in [1.165, 1.54) is 0 Å². The molecule has 11 nitrogen and oxygen atoms in total. The SMILES string of the molecule is Cc1cc(-n2nc3c(c2-n2ccn(-c4ccc5c(cnn5C5CCOC5)c4)c2=O)[C@H](C)N(C(=O)OC(C)(C)C)CC3)cc(C)c1F.